The zero-order chi connectivity index (χ0) is 16.1. The maximum absolute atomic E-state index is 12.3. The first-order chi connectivity index (χ1) is 10.5. The molecule has 1 N–H and O–H groups in total. The molecule has 2 atom stereocenters. The first-order valence-corrected chi connectivity index (χ1v) is 9.68. The van der Waals surface area contributed by atoms with Crippen molar-refractivity contribution in [2.24, 2.45) is 0 Å². The van der Waals surface area contributed by atoms with Gasteiger partial charge in [-0.2, -0.15) is 11.8 Å². The van der Waals surface area contributed by atoms with E-state index in [-0.39, 0.29) is 6.03 Å². The van der Waals surface area contributed by atoms with Crippen molar-refractivity contribution in [1.29, 1.82) is 0 Å². The zero-order valence-corrected chi connectivity index (χ0v) is 15.5. The monoisotopic (exact) mass is 342 g/mol. The minimum Gasteiger partial charge on any atom is -0.354 e. The van der Waals surface area contributed by atoms with E-state index in [9.17, 15) is 4.79 Å². The Hall–Kier alpha value is -0.950. The molecule has 1 aliphatic rings. The zero-order valence-electron chi connectivity index (χ0n) is 13.8. The molecule has 124 valence electrons. The van der Waals surface area contributed by atoms with Crippen molar-refractivity contribution < 1.29 is 4.79 Å². The van der Waals surface area contributed by atoms with Crippen molar-refractivity contribution >= 4 is 34.3 Å². The highest BCUT2D eigenvalue weighted by molar-refractivity contribution is 7.99. The molecular weight excluding hydrogens is 316 g/mol. The van der Waals surface area contributed by atoms with Gasteiger partial charge < -0.3 is 15.1 Å². The summed E-state index contributed by atoms with van der Waals surface area (Å²) in [5.74, 6) is 1.16. The van der Waals surface area contributed by atoms with Gasteiger partial charge >= 0.3 is 6.03 Å². The molecule has 1 aromatic rings. The van der Waals surface area contributed by atoms with Crippen molar-refractivity contribution in [3.8, 4) is 0 Å². The third-order valence-electron chi connectivity index (χ3n) is 3.97. The fourth-order valence-corrected chi connectivity index (χ4v) is 4.59. The van der Waals surface area contributed by atoms with Gasteiger partial charge in [-0.15, -0.1) is 11.3 Å². The molecule has 0 aliphatic heterocycles. The Morgan fingerprint density at radius 1 is 1.45 bits per heavy atom. The second-order valence-electron chi connectivity index (χ2n) is 5.83. The highest BCUT2D eigenvalue weighted by Crippen LogP contribution is 2.32. The highest BCUT2D eigenvalue weighted by Gasteiger charge is 2.29. The molecule has 1 aliphatic carbocycles. The van der Waals surface area contributed by atoms with E-state index in [0.29, 0.717) is 17.8 Å². The van der Waals surface area contributed by atoms with Crippen LogP contribution in [0.4, 0.5) is 9.93 Å². The van der Waals surface area contributed by atoms with Gasteiger partial charge in [-0.05, 0) is 25.0 Å². The fourth-order valence-electron chi connectivity index (χ4n) is 2.70. The predicted molar refractivity (Wildman–Crippen MR) is 96.0 cm³/mol. The molecule has 1 aromatic heterocycles. The van der Waals surface area contributed by atoms with Crippen LogP contribution in [-0.2, 0) is 6.54 Å². The molecule has 0 saturated heterocycles. The van der Waals surface area contributed by atoms with E-state index in [0.717, 1.165) is 29.4 Å². The van der Waals surface area contributed by atoms with Gasteiger partial charge in [0.05, 0.1) is 12.2 Å². The third-order valence-corrected chi connectivity index (χ3v) is 6.26. The van der Waals surface area contributed by atoms with Crippen LogP contribution in [-0.4, -0.2) is 54.1 Å². The average molecular weight is 343 g/mol. The van der Waals surface area contributed by atoms with Crippen LogP contribution in [0.3, 0.4) is 0 Å². The van der Waals surface area contributed by atoms with E-state index in [1.807, 2.05) is 48.1 Å². The average Bonchev–Trinajstić information content (AvgIpc) is 3.13. The minimum absolute atomic E-state index is 0.00607. The first-order valence-electron chi connectivity index (χ1n) is 7.75. The maximum atomic E-state index is 12.3. The van der Waals surface area contributed by atoms with Crippen molar-refractivity contribution in [3.05, 3.63) is 11.1 Å². The second kappa shape index (κ2) is 8.06. The van der Waals surface area contributed by atoms with Crippen LogP contribution in [0.1, 0.15) is 31.9 Å². The fraction of sp³-hybridized carbons (Fsp3) is 0.733. The van der Waals surface area contributed by atoms with Crippen LogP contribution in [0, 0.1) is 0 Å². The number of thiazole rings is 1. The molecule has 1 heterocycles. The van der Waals surface area contributed by atoms with Crippen LogP contribution in [0.5, 0.6) is 0 Å². The Labute approximate surface area is 141 Å². The number of amides is 2. The normalized spacial score (nSPS) is 20.9. The summed E-state index contributed by atoms with van der Waals surface area (Å²) in [5.41, 5.74) is 0.918. The summed E-state index contributed by atoms with van der Waals surface area (Å²) in [6.07, 6.45) is 3.45. The molecule has 0 spiro atoms. The molecule has 22 heavy (non-hydrogen) atoms. The van der Waals surface area contributed by atoms with E-state index in [1.165, 1.54) is 6.42 Å². The quantitative estimate of drug-likeness (QED) is 0.863. The summed E-state index contributed by atoms with van der Waals surface area (Å²) in [7, 11) is 5.85. The number of urea groups is 1. The van der Waals surface area contributed by atoms with Gasteiger partial charge in [0.15, 0.2) is 5.13 Å². The SMILES string of the molecule is CCS[C@H]1CC[C@H](N(C)C(=O)NCc2csc(N(C)C)n2)C1. The van der Waals surface area contributed by atoms with Crippen molar-refractivity contribution in [2.45, 2.75) is 44.0 Å². The number of carbonyl (C=O) groups excluding carboxylic acids is 1. The first kappa shape index (κ1) is 17.4. The molecule has 0 radical (unpaired) electrons. The Bertz CT molecular complexity index is 492. The molecule has 7 heteroatoms. The lowest BCUT2D eigenvalue weighted by molar-refractivity contribution is 0.190. The van der Waals surface area contributed by atoms with E-state index in [4.69, 9.17) is 0 Å². The van der Waals surface area contributed by atoms with Gasteiger partial charge in [-0.25, -0.2) is 9.78 Å². The van der Waals surface area contributed by atoms with Crippen LogP contribution in [0.15, 0.2) is 5.38 Å². The standard InChI is InChI=1S/C15H26N4OS2/c1-5-21-13-7-6-12(8-13)19(4)14(20)16-9-11-10-22-15(17-11)18(2)3/h10,12-13H,5-9H2,1-4H3,(H,16,20)/t12-,13-/m0/s1. The van der Waals surface area contributed by atoms with Gasteiger partial charge in [-0.3, -0.25) is 0 Å². The lowest BCUT2D eigenvalue weighted by Gasteiger charge is -2.24. The van der Waals surface area contributed by atoms with Crippen molar-refractivity contribution in [2.75, 3.05) is 31.8 Å². The summed E-state index contributed by atoms with van der Waals surface area (Å²) in [6.45, 7) is 2.69. The van der Waals surface area contributed by atoms with Crippen molar-refractivity contribution in [1.82, 2.24) is 15.2 Å². The van der Waals surface area contributed by atoms with E-state index < -0.39 is 0 Å². The molecule has 0 aromatic carbocycles. The number of aromatic nitrogens is 1. The number of hydrogen-bond donors (Lipinski definition) is 1. The van der Waals surface area contributed by atoms with Crippen LogP contribution in [0.2, 0.25) is 0 Å². The summed E-state index contributed by atoms with van der Waals surface area (Å²) < 4.78 is 0. The molecule has 5 nitrogen and oxygen atoms in total. The highest BCUT2D eigenvalue weighted by atomic mass is 32.2. The molecule has 0 bridgehead atoms. The third kappa shape index (κ3) is 4.52. The summed E-state index contributed by atoms with van der Waals surface area (Å²) in [6, 6.07) is 0.378. The Kier molecular flexibility index (Phi) is 6.37. The molecule has 1 saturated carbocycles. The van der Waals surface area contributed by atoms with Gasteiger partial charge in [0, 0.05) is 37.8 Å². The van der Waals surface area contributed by atoms with Crippen molar-refractivity contribution in [3.63, 3.8) is 0 Å². The molecule has 1 fully saturated rings. The number of thioether (sulfide) groups is 1. The molecular formula is C15H26N4OS2. The van der Waals surface area contributed by atoms with Crippen LogP contribution >= 0.6 is 23.1 Å². The largest absolute Gasteiger partial charge is 0.354 e. The number of carbonyl (C=O) groups is 1. The van der Waals surface area contributed by atoms with Gasteiger partial charge in [0.25, 0.3) is 0 Å². The van der Waals surface area contributed by atoms with Crippen LogP contribution < -0.4 is 10.2 Å². The number of hydrogen-bond acceptors (Lipinski definition) is 5. The van der Waals surface area contributed by atoms with Gasteiger partial charge in [-0.1, -0.05) is 6.92 Å². The second-order valence-corrected chi connectivity index (χ2v) is 8.24. The number of nitrogens with zero attached hydrogens (tertiary/aromatic N) is 3. The van der Waals surface area contributed by atoms with Gasteiger partial charge in [0.1, 0.15) is 0 Å². The topological polar surface area (TPSA) is 48.5 Å². The predicted octanol–water partition coefficient (Wildman–Crippen LogP) is 3.02. The lowest BCUT2D eigenvalue weighted by Crippen LogP contribution is -2.42. The molecule has 2 amide bonds. The lowest BCUT2D eigenvalue weighted by atomic mass is 10.2. The Morgan fingerprint density at radius 3 is 2.86 bits per heavy atom. The summed E-state index contributed by atoms with van der Waals surface area (Å²) >= 11 is 3.61. The number of nitrogens with one attached hydrogen (secondary N) is 1. The van der Waals surface area contributed by atoms with E-state index >= 15 is 0 Å². The Morgan fingerprint density at radius 2 is 2.23 bits per heavy atom. The Balaban J connectivity index is 1.79. The smallest absolute Gasteiger partial charge is 0.317 e. The molecule has 0 unspecified atom stereocenters. The minimum atomic E-state index is 0.00607. The summed E-state index contributed by atoms with van der Waals surface area (Å²) in [5, 5.41) is 6.66. The number of anilines is 1. The molecule has 2 rings (SSSR count). The van der Waals surface area contributed by atoms with Gasteiger partial charge in [0.2, 0.25) is 0 Å². The number of rotatable bonds is 6. The van der Waals surface area contributed by atoms with E-state index in [2.05, 4.69) is 17.2 Å². The van der Waals surface area contributed by atoms with Crippen LogP contribution in [0.25, 0.3) is 0 Å². The van der Waals surface area contributed by atoms with E-state index in [1.54, 1.807) is 11.3 Å². The maximum Gasteiger partial charge on any atom is 0.317 e. The summed E-state index contributed by atoms with van der Waals surface area (Å²) in [4.78, 5) is 20.6.